The molecule has 1 unspecified atom stereocenters. The van der Waals surface area contributed by atoms with Crippen molar-refractivity contribution in [2.24, 2.45) is 5.73 Å². The summed E-state index contributed by atoms with van der Waals surface area (Å²) >= 11 is 3.43. The predicted octanol–water partition coefficient (Wildman–Crippen LogP) is 4.16. The van der Waals surface area contributed by atoms with E-state index in [0.717, 1.165) is 10.2 Å². The summed E-state index contributed by atoms with van der Waals surface area (Å²) in [5.74, 6) is 0.127. The first-order valence-electron chi connectivity index (χ1n) is 6.36. The Hall–Kier alpha value is -1.66. The minimum atomic E-state index is -2.87. The Morgan fingerprint density at radius 1 is 1.10 bits per heavy atom. The molecule has 2 aromatic rings. The van der Waals surface area contributed by atoms with Gasteiger partial charge in [-0.15, -0.1) is 0 Å². The molecule has 3 N–H and O–H groups in total. The lowest BCUT2D eigenvalue weighted by Crippen LogP contribution is -2.22. The summed E-state index contributed by atoms with van der Waals surface area (Å²) < 4.78 is 30.4. The summed E-state index contributed by atoms with van der Waals surface area (Å²) in [5.41, 5.74) is 7.21. The van der Waals surface area contributed by atoms with Crippen molar-refractivity contribution < 1.29 is 13.5 Å². The van der Waals surface area contributed by atoms with Crippen molar-refractivity contribution in [2.45, 2.75) is 12.7 Å². The summed E-state index contributed by atoms with van der Waals surface area (Å²) in [6.45, 7) is -2.63. The van der Waals surface area contributed by atoms with Crippen LogP contribution in [0.3, 0.4) is 0 Å². The smallest absolute Gasteiger partial charge is 0.387 e. The number of nitrogens with one attached hydrogen (secondary N) is 1. The molecule has 0 aliphatic heterocycles. The largest absolute Gasteiger partial charge is 0.434 e. The van der Waals surface area contributed by atoms with Crippen LogP contribution in [0.5, 0.6) is 5.75 Å². The maximum atomic E-state index is 12.5. The van der Waals surface area contributed by atoms with E-state index in [1.807, 2.05) is 24.3 Å². The second-order valence-corrected chi connectivity index (χ2v) is 5.18. The molecule has 2 rings (SSSR count). The molecule has 112 valence electrons. The van der Waals surface area contributed by atoms with Crippen molar-refractivity contribution in [3.05, 3.63) is 58.6 Å². The normalized spacial score (nSPS) is 12.2. The average Bonchev–Trinajstić information content (AvgIpc) is 2.47. The van der Waals surface area contributed by atoms with Gasteiger partial charge < -0.3 is 15.8 Å². The van der Waals surface area contributed by atoms with Gasteiger partial charge in [0, 0.05) is 22.3 Å². The SMILES string of the molecule is NCC(Nc1ccccc1Br)c1ccccc1OC(F)F. The Labute approximate surface area is 130 Å². The van der Waals surface area contributed by atoms with Gasteiger partial charge in [0.15, 0.2) is 0 Å². The Morgan fingerprint density at radius 2 is 1.76 bits per heavy atom. The minimum absolute atomic E-state index is 0.127. The van der Waals surface area contributed by atoms with Gasteiger partial charge in [0.25, 0.3) is 0 Å². The van der Waals surface area contributed by atoms with Crippen molar-refractivity contribution in [2.75, 3.05) is 11.9 Å². The van der Waals surface area contributed by atoms with E-state index >= 15 is 0 Å². The Morgan fingerprint density at radius 3 is 2.43 bits per heavy atom. The molecular weight excluding hydrogens is 342 g/mol. The molecule has 21 heavy (non-hydrogen) atoms. The van der Waals surface area contributed by atoms with Gasteiger partial charge in [0.2, 0.25) is 0 Å². The predicted molar refractivity (Wildman–Crippen MR) is 82.6 cm³/mol. The fourth-order valence-electron chi connectivity index (χ4n) is 2.00. The van der Waals surface area contributed by atoms with Crippen LogP contribution in [0.2, 0.25) is 0 Å². The van der Waals surface area contributed by atoms with Gasteiger partial charge in [-0.25, -0.2) is 0 Å². The summed E-state index contributed by atoms with van der Waals surface area (Å²) in [5, 5.41) is 3.23. The summed E-state index contributed by atoms with van der Waals surface area (Å²) in [4.78, 5) is 0. The first-order valence-corrected chi connectivity index (χ1v) is 7.16. The molecule has 0 spiro atoms. The van der Waals surface area contributed by atoms with Crippen molar-refractivity contribution in [1.82, 2.24) is 0 Å². The van der Waals surface area contributed by atoms with Crippen LogP contribution in [0, 0.1) is 0 Å². The highest BCUT2D eigenvalue weighted by Gasteiger charge is 2.17. The van der Waals surface area contributed by atoms with Crippen LogP contribution in [0.4, 0.5) is 14.5 Å². The molecule has 0 aliphatic carbocycles. The number of hydrogen-bond donors (Lipinski definition) is 2. The lowest BCUT2D eigenvalue weighted by molar-refractivity contribution is -0.0505. The van der Waals surface area contributed by atoms with Gasteiger partial charge >= 0.3 is 6.61 Å². The topological polar surface area (TPSA) is 47.3 Å². The summed E-state index contributed by atoms with van der Waals surface area (Å²) in [6, 6.07) is 13.8. The lowest BCUT2D eigenvalue weighted by atomic mass is 10.1. The first-order chi connectivity index (χ1) is 10.1. The van der Waals surface area contributed by atoms with Crippen LogP contribution < -0.4 is 15.8 Å². The Kier molecular flexibility index (Phi) is 5.52. The van der Waals surface area contributed by atoms with E-state index in [4.69, 9.17) is 5.73 Å². The van der Waals surface area contributed by atoms with Crippen LogP contribution in [0.1, 0.15) is 11.6 Å². The van der Waals surface area contributed by atoms with E-state index in [1.165, 1.54) is 6.07 Å². The maximum Gasteiger partial charge on any atom is 0.387 e. The Balaban J connectivity index is 2.27. The molecular formula is C15H15BrF2N2O. The van der Waals surface area contributed by atoms with Crippen LogP contribution in [0.25, 0.3) is 0 Å². The van der Waals surface area contributed by atoms with Gasteiger partial charge in [-0.2, -0.15) is 8.78 Å². The van der Waals surface area contributed by atoms with Gasteiger partial charge in [0.1, 0.15) is 5.75 Å². The van der Waals surface area contributed by atoms with Crippen molar-refractivity contribution in [3.8, 4) is 5.75 Å². The lowest BCUT2D eigenvalue weighted by Gasteiger charge is -2.22. The first kappa shape index (κ1) is 15.7. The van der Waals surface area contributed by atoms with E-state index in [2.05, 4.69) is 26.0 Å². The number of anilines is 1. The second kappa shape index (κ2) is 7.38. The fraction of sp³-hybridized carbons (Fsp3) is 0.200. The highest BCUT2D eigenvalue weighted by Crippen LogP contribution is 2.31. The number of rotatable bonds is 6. The Bertz CT molecular complexity index is 595. The molecule has 0 radical (unpaired) electrons. The van der Waals surface area contributed by atoms with Crippen LogP contribution >= 0.6 is 15.9 Å². The third kappa shape index (κ3) is 4.15. The van der Waals surface area contributed by atoms with Gasteiger partial charge in [0.05, 0.1) is 6.04 Å². The average molecular weight is 357 g/mol. The van der Waals surface area contributed by atoms with Crippen molar-refractivity contribution in [3.63, 3.8) is 0 Å². The molecule has 3 nitrogen and oxygen atoms in total. The summed E-state index contributed by atoms with van der Waals surface area (Å²) in [7, 11) is 0. The molecule has 2 aromatic carbocycles. The zero-order valence-corrected chi connectivity index (χ0v) is 12.7. The highest BCUT2D eigenvalue weighted by molar-refractivity contribution is 9.10. The number of para-hydroxylation sites is 2. The zero-order chi connectivity index (χ0) is 15.2. The number of alkyl halides is 2. The number of halogens is 3. The molecule has 0 saturated carbocycles. The highest BCUT2D eigenvalue weighted by atomic mass is 79.9. The van der Waals surface area contributed by atoms with Gasteiger partial charge in [-0.05, 0) is 34.1 Å². The standard InChI is InChI=1S/C15H15BrF2N2O/c16-11-6-2-3-7-12(11)20-13(9-19)10-5-1-4-8-14(10)21-15(17)18/h1-8,13,15,20H,9,19H2. The van der Waals surface area contributed by atoms with E-state index in [-0.39, 0.29) is 18.3 Å². The van der Waals surface area contributed by atoms with E-state index in [9.17, 15) is 8.78 Å². The molecule has 6 heteroatoms. The van der Waals surface area contributed by atoms with E-state index in [1.54, 1.807) is 18.2 Å². The number of hydrogen-bond acceptors (Lipinski definition) is 3. The monoisotopic (exact) mass is 356 g/mol. The third-order valence-electron chi connectivity index (χ3n) is 2.95. The van der Waals surface area contributed by atoms with Crippen LogP contribution in [-0.2, 0) is 0 Å². The minimum Gasteiger partial charge on any atom is -0.434 e. The van der Waals surface area contributed by atoms with Gasteiger partial charge in [-0.1, -0.05) is 30.3 Å². The quantitative estimate of drug-likeness (QED) is 0.816. The molecule has 1 atom stereocenters. The summed E-state index contributed by atoms with van der Waals surface area (Å²) in [6.07, 6.45) is 0. The maximum absolute atomic E-state index is 12.5. The molecule has 0 heterocycles. The van der Waals surface area contributed by atoms with E-state index < -0.39 is 6.61 Å². The van der Waals surface area contributed by atoms with Crippen molar-refractivity contribution in [1.29, 1.82) is 0 Å². The van der Waals surface area contributed by atoms with E-state index in [0.29, 0.717) is 5.56 Å². The van der Waals surface area contributed by atoms with Gasteiger partial charge in [-0.3, -0.25) is 0 Å². The molecule has 0 aromatic heterocycles. The van der Waals surface area contributed by atoms with Crippen molar-refractivity contribution >= 4 is 21.6 Å². The number of ether oxygens (including phenoxy) is 1. The number of nitrogens with two attached hydrogens (primary N) is 1. The number of benzene rings is 2. The molecule has 0 saturated heterocycles. The fourth-order valence-corrected chi connectivity index (χ4v) is 2.40. The second-order valence-electron chi connectivity index (χ2n) is 4.33. The molecule has 0 aliphatic rings. The van der Waals surface area contributed by atoms with Crippen LogP contribution in [-0.4, -0.2) is 13.2 Å². The third-order valence-corrected chi connectivity index (χ3v) is 3.64. The molecule has 0 amide bonds. The molecule has 0 bridgehead atoms. The molecule has 0 fully saturated rings. The zero-order valence-electron chi connectivity index (χ0n) is 11.1. The van der Waals surface area contributed by atoms with Crippen LogP contribution in [0.15, 0.2) is 53.0 Å².